The molecule has 1 saturated carbocycles. The van der Waals surface area contributed by atoms with E-state index in [1.54, 1.807) is 4.90 Å². The number of amides is 4. The Kier molecular flexibility index (Phi) is 3.81. The Labute approximate surface area is 143 Å². The number of fused-ring (bicyclic) bond motifs is 1. The van der Waals surface area contributed by atoms with E-state index < -0.39 is 0 Å². The van der Waals surface area contributed by atoms with Gasteiger partial charge in [-0.1, -0.05) is 12.8 Å². The molecule has 132 valence electrons. The number of urea groups is 1. The fourth-order valence-corrected chi connectivity index (χ4v) is 5.19. The summed E-state index contributed by atoms with van der Waals surface area (Å²) in [6.45, 7) is 4.57. The van der Waals surface area contributed by atoms with Crippen LogP contribution in [0.25, 0.3) is 0 Å². The Morgan fingerprint density at radius 1 is 1.17 bits per heavy atom. The van der Waals surface area contributed by atoms with Crippen molar-refractivity contribution in [1.29, 1.82) is 0 Å². The van der Waals surface area contributed by atoms with Gasteiger partial charge in [0.1, 0.15) is 6.04 Å². The quantitative estimate of drug-likeness (QED) is 0.725. The van der Waals surface area contributed by atoms with Gasteiger partial charge in [-0.15, -0.1) is 0 Å². The second-order valence-electron chi connectivity index (χ2n) is 8.02. The summed E-state index contributed by atoms with van der Waals surface area (Å²) >= 11 is 0. The zero-order chi connectivity index (χ0) is 16.9. The summed E-state index contributed by atoms with van der Waals surface area (Å²) in [5, 5.41) is 0. The van der Waals surface area contributed by atoms with Crippen LogP contribution in [0, 0.1) is 11.3 Å². The summed E-state index contributed by atoms with van der Waals surface area (Å²) in [6.07, 6.45) is 7.08. The van der Waals surface area contributed by atoms with Crippen LogP contribution in [0.4, 0.5) is 4.79 Å². The Balaban J connectivity index is 1.39. The zero-order valence-corrected chi connectivity index (χ0v) is 14.5. The molecule has 4 rings (SSSR count). The van der Waals surface area contributed by atoms with Crippen molar-refractivity contribution < 1.29 is 14.4 Å². The van der Waals surface area contributed by atoms with E-state index in [9.17, 15) is 14.4 Å². The third-order valence-corrected chi connectivity index (χ3v) is 6.69. The summed E-state index contributed by atoms with van der Waals surface area (Å²) in [7, 11) is 0. The smallest absolute Gasteiger partial charge is 0.327 e. The van der Waals surface area contributed by atoms with Crippen LogP contribution in [0.3, 0.4) is 0 Å². The molecule has 0 N–H and O–H groups in total. The predicted molar refractivity (Wildman–Crippen MR) is 88.1 cm³/mol. The van der Waals surface area contributed by atoms with Gasteiger partial charge in [0, 0.05) is 32.1 Å². The molecule has 4 fully saturated rings. The predicted octanol–water partition coefficient (Wildman–Crippen LogP) is 1.84. The van der Waals surface area contributed by atoms with Crippen molar-refractivity contribution in [3.63, 3.8) is 0 Å². The number of imide groups is 1. The number of hydrogen-bond acceptors (Lipinski definition) is 3. The molecule has 0 aromatic heterocycles. The van der Waals surface area contributed by atoms with Gasteiger partial charge in [0.25, 0.3) is 5.91 Å². The maximum atomic E-state index is 12.6. The van der Waals surface area contributed by atoms with Crippen molar-refractivity contribution in [3.8, 4) is 0 Å². The average molecular weight is 333 g/mol. The van der Waals surface area contributed by atoms with Crippen LogP contribution in [0.1, 0.15) is 51.9 Å². The number of hydrogen-bond donors (Lipinski definition) is 0. The van der Waals surface area contributed by atoms with Crippen LogP contribution in [-0.2, 0) is 9.59 Å². The van der Waals surface area contributed by atoms with Crippen molar-refractivity contribution in [2.75, 3.05) is 26.2 Å². The van der Waals surface area contributed by atoms with Crippen molar-refractivity contribution in [2.45, 2.75) is 57.9 Å². The number of likely N-dealkylation sites (N-methyl/N-ethyl adjacent to an activating group) is 1. The minimum atomic E-state index is -0.255. The summed E-state index contributed by atoms with van der Waals surface area (Å²) in [6, 6.07) is -0.372. The minimum absolute atomic E-state index is 0.0242. The standard InChI is InChI=1S/C18H27N3O3/c1-2-20-16(23)14-11-18(12-21(14)17(20)24)7-9-19(10-8-18)15(22)13-5-3-4-6-13/h13-14H,2-12H2,1H3. The molecule has 4 amide bonds. The molecule has 0 aromatic rings. The lowest BCUT2D eigenvalue weighted by atomic mass is 9.76. The molecule has 1 aliphatic carbocycles. The number of carbonyl (C=O) groups excluding carboxylic acids is 3. The lowest BCUT2D eigenvalue weighted by molar-refractivity contribution is -0.138. The van der Waals surface area contributed by atoms with Crippen LogP contribution in [0.2, 0.25) is 0 Å². The van der Waals surface area contributed by atoms with Crippen molar-refractivity contribution in [1.82, 2.24) is 14.7 Å². The molecule has 1 unspecified atom stereocenters. The van der Waals surface area contributed by atoms with Gasteiger partial charge in [0.05, 0.1) is 0 Å². The Morgan fingerprint density at radius 3 is 2.42 bits per heavy atom. The Hall–Kier alpha value is -1.59. The second kappa shape index (κ2) is 5.74. The van der Waals surface area contributed by atoms with Crippen LogP contribution in [0.5, 0.6) is 0 Å². The third-order valence-electron chi connectivity index (χ3n) is 6.69. The molecule has 3 heterocycles. The fourth-order valence-electron chi connectivity index (χ4n) is 5.19. The molecule has 1 atom stereocenters. The first-order valence-corrected chi connectivity index (χ1v) is 9.45. The molecule has 1 spiro atoms. The maximum absolute atomic E-state index is 12.6. The van der Waals surface area contributed by atoms with Gasteiger partial charge < -0.3 is 9.80 Å². The van der Waals surface area contributed by atoms with E-state index in [4.69, 9.17) is 0 Å². The Bertz CT molecular complexity index is 536. The molecular weight excluding hydrogens is 306 g/mol. The number of piperidine rings is 1. The summed E-state index contributed by atoms with van der Waals surface area (Å²) in [5.74, 6) is 0.557. The highest BCUT2D eigenvalue weighted by Gasteiger charge is 2.56. The maximum Gasteiger partial charge on any atom is 0.327 e. The van der Waals surface area contributed by atoms with E-state index in [0.717, 1.165) is 45.2 Å². The summed E-state index contributed by atoms with van der Waals surface area (Å²) in [4.78, 5) is 42.5. The lowest BCUT2D eigenvalue weighted by Gasteiger charge is -2.40. The first kappa shape index (κ1) is 15.9. The summed E-state index contributed by atoms with van der Waals surface area (Å²) in [5.41, 5.74) is 0.0439. The lowest BCUT2D eigenvalue weighted by Crippen LogP contribution is -2.47. The van der Waals surface area contributed by atoms with Gasteiger partial charge in [-0.05, 0) is 44.4 Å². The molecule has 6 heteroatoms. The van der Waals surface area contributed by atoms with Gasteiger partial charge in [0.2, 0.25) is 5.91 Å². The number of nitrogens with zero attached hydrogens (tertiary/aromatic N) is 3. The molecule has 4 aliphatic rings. The van der Waals surface area contributed by atoms with Crippen LogP contribution < -0.4 is 0 Å². The third kappa shape index (κ3) is 2.33. The molecule has 0 bridgehead atoms. The topological polar surface area (TPSA) is 60.9 Å². The van der Waals surface area contributed by atoms with Gasteiger partial charge in [-0.2, -0.15) is 0 Å². The highest BCUT2D eigenvalue weighted by atomic mass is 16.2. The first-order chi connectivity index (χ1) is 11.5. The van der Waals surface area contributed by atoms with E-state index in [1.165, 1.54) is 17.7 Å². The SMILES string of the molecule is CCN1C(=O)C2CC3(CCN(C(=O)C4CCCC4)CC3)CN2C1=O. The van der Waals surface area contributed by atoms with Crippen LogP contribution in [0.15, 0.2) is 0 Å². The molecule has 0 radical (unpaired) electrons. The van der Waals surface area contributed by atoms with Gasteiger partial charge in [0.15, 0.2) is 0 Å². The van der Waals surface area contributed by atoms with E-state index in [2.05, 4.69) is 0 Å². The molecular formula is C18H27N3O3. The molecule has 6 nitrogen and oxygen atoms in total. The largest absolute Gasteiger partial charge is 0.342 e. The van der Waals surface area contributed by atoms with Gasteiger partial charge in [-0.25, -0.2) is 4.79 Å². The summed E-state index contributed by atoms with van der Waals surface area (Å²) < 4.78 is 0. The van der Waals surface area contributed by atoms with Crippen molar-refractivity contribution in [2.24, 2.45) is 11.3 Å². The number of carbonyl (C=O) groups is 3. The van der Waals surface area contributed by atoms with Gasteiger partial charge in [-0.3, -0.25) is 14.5 Å². The highest BCUT2D eigenvalue weighted by Crippen LogP contribution is 2.46. The fraction of sp³-hybridized carbons (Fsp3) is 0.833. The molecule has 24 heavy (non-hydrogen) atoms. The van der Waals surface area contributed by atoms with E-state index in [0.29, 0.717) is 19.0 Å². The number of rotatable bonds is 2. The first-order valence-electron chi connectivity index (χ1n) is 9.45. The minimum Gasteiger partial charge on any atom is -0.342 e. The molecule has 3 saturated heterocycles. The van der Waals surface area contributed by atoms with Crippen LogP contribution >= 0.6 is 0 Å². The van der Waals surface area contributed by atoms with E-state index >= 15 is 0 Å². The van der Waals surface area contributed by atoms with Crippen molar-refractivity contribution in [3.05, 3.63) is 0 Å². The monoisotopic (exact) mass is 333 g/mol. The normalized spacial score (nSPS) is 29.9. The van der Waals surface area contributed by atoms with E-state index in [1.807, 2.05) is 11.8 Å². The highest BCUT2D eigenvalue weighted by molar-refractivity contribution is 6.04. The molecule has 3 aliphatic heterocycles. The Morgan fingerprint density at radius 2 is 1.83 bits per heavy atom. The van der Waals surface area contributed by atoms with Crippen molar-refractivity contribution >= 4 is 17.8 Å². The second-order valence-corrected chi connectivity index (χ2v) is 8.02. The molecule has 0 aromatic carbocycles. The number of likely N-dealkylation sites (tertiary alicyclic amines) is 1. The van der Waals surface area contributed by atoms with Crippen LogP contribution in [-0.4, -0.2) is 64.8 Å². The zero-order valence-electron chi connectivity index (χ0n) is 14.5. The van der Waals surface area contributed by atoms with E-state index in [-0.39, 0.29) is 29.3 Å². The van der Waals surface area contributed by atoms with Gasteiger partial charge >= 0.3 is 6.03 Å². The average Bonchev–Trinajstić information content (AvgIpc) is 3.27.